The van der Waals surface area contributed by atoms with E-state index in [0.29, 0.717) is 13.2 Å². The zero-order valence-electron chi connectivity index (χ0n) is 14.4. The van der Waals surface area contributed by atoms with Crippen LogP contribution in [0.3, 0.4) is 0 Å². The maximum absolute atomic E-state index is 12.4. The molecule has 0 spiro atoms. The lowest BCUT2D eigenvalue weighted by molar-refractivity contribution is -0.128. The fourth-order valence-corrected chi connectivity index (χ4v) is 3.46. The summed E-state index contributed by atoms with van der Waals surface area (Å²) in [6.07, 6.45) is 1.76. The molecule has 1 N–H and O–H groups in total. The van der Waals surface area contributed by atoms with Crippen LogP contribution in [-0.4, -0.2) is 55.9 Å². The molecule has 0 radical (unpaired) electrons. The van der Waals surface area contributed by atoms with E-state index in [1.165, 1.54) is 5.56 Å². The predicted molar refractivity (Wildman–Crippen MR) is 92.6 cm³/mol. The minimum absolute atomic E-state index is 0.00284. The lowest BCUT2D eigenvalue weighted by Gasteiger charge is -2.37. The second kappa shape index (κ2) is 8.60. The van der Waals surface area contributed by atoms with Crippen molar-refractivity contribution < 1.29 is 14.3 Å². The predicted octanol–water partition coefficient (Wildman–Crippen LogP) is 1.82. The molecule has 2 heterocycles. The van der Waals surface area contributed by atoms with Gasteiger partial charge in [0, 0.05) is 26.2 Å². The maximum Gasteiger partial charge on any atom is 0.225 e. The summed E-state index contributed by atoms with van der Waals surface area (Å²) in [5, 5.41) is 3.19. The number of ether oxygens (including phenoxy) is 2. The van der Waals surface area contributed by atoms with Crippen LogP contribution in [0, 0.1) is 5.92 Å². The lowest BCUT2D eigenvalue weighted by atomic mass is 10.0. The van der Waals surface area contributed by atoms with Gasteiger partial charge < -0.3 is 14.8 Å². The number of benzene rings is 1. The lowest BCUT2D eigenvalue weighted by Crippen LogP contribution is -2.54. The Morgan fingerprint density at radius 3 is 2.88 bits per heavy atom. The quantitative estimate of drug-likeness (QED) is 0.863. The Morgan fingerprint density at radius 1 is 1.33 bits per heavy atom. The number of hydrogen-bond donors (Lipinski definition) is 1. The van der Waals surface area contributed by atoms with Gasteiger partial charge in [0.1, 0.15) is 0 Å². The third-order valence-corrected chi connectivity index (χ3v) is 4.94. The normalized spacial score (nSPS) is 26.2. The summed E-state index contributed by atoms with van der Waals surface area (Å²) in [6, 6.07) is 10.6. The molecule has 1 aromatic carbocycles. The van der Waals surface area contributed by atoms with Crippen LogP contribution >= 0.6 is 0 Å². The largest absolute Gasteiger partial charge is 0.381 e. The average molecular weight is 332 g/mol. The van der Waals surface area contributed by atoms with E-state index in [1.54, 1.807) is 0 Å². The minimum Gasteiger partial charge on any atom is -0.381 e. The molecular formula is C19H28N2O3. The first-order valence-electron chi connectivity index (χ1n) is 9.02. The van der Waals surface area contributed by atoms with Crippen LogP contribution in [0.1, 0.15) is 25.3 Å². The Morgan fingerprint density at radius 2 is 2.17 bits per heavy atom. The van der Waals surface area contributed by atoms with Gasteiger partial charge in [-0.15, -0.1) is 0 Å². The highest BCUT2D eigenvalue weighted by atomic mass is 16.5. The Labute approximate surface area is 144 Å². The van der Waals surface area contributed by atoms with E-state index in [-0.39, 0.29) is 24.0 Å². The van der Waals surface area contributed by atoms with E-state index in [9.17, 15) is 4.79 Å². The van der Waals surface area contributed by atoms with Crippen LogP contribution in [0.15, 0.2) is 30.3 Å². The van der Waals surface area contributed by atoms with E-state index >= 15 is 0 Å². The van der Waals surface area contributed by atoms with E-state index in [0.717, 1.165) is 39.1 Å². The molecule has 3 atom stereocenters. The third-order valence-electron chi connectivity index (χ3n) is 4.94. The first kappa shape index (κ1) is 17.4. The number of morpholine rings is 1. The number of carbonyl (C=O) groups is 1. The number of amides is 1. The zero-order valence-corrected chi connectivity index (χ0v) is 14.4. The molecule has 1 aromatic rings. The van der Waals surface area contributed by atoms with Gasteiger partial charge in [0.15, 0.2) is 0 Å². The first-order chi connectivity index (χ1) is 11.8. The molecule has 5 heteroatoms. The van der Waals surface area contributed by atoms with Gasteiger partial charge in [0.25, 0.3) is 0 Å². The minimum atomic E-state index is 0.00284. The Hall–Kier alpha value is -1.43. The van der Waals surface area contributed by atoms with Crippen LogP contribution in [-0.2, 0) is 20.8 Å². The van der Waals surface area contributed by atoms with Crippen molar-refractivity contribution >= 4 is 5.91 Å². The van der Waals surface area contributed by atoms with Crippen molar-refractivity contribution in [2.45, 2.75) is 38.5 Å². The van der Waals surface area contributed by atoms with Crippen molar-refractivity contribution in [3.8, 4) is 0 Å². The van der Waals surface area contributed by atoms with Gasteiger partial charge in [0.05, 0.1) is 31.3 Å². The smallest absolute Gasteiger partial charge is 0.225 e. The van der Waals surface area contributed by atoms with E-state index in [2.05, 4.69) is 41.4 Å². The molecule has 2 aliphatic rings. The van der Waals surface area contributed by atoms with Crippen LogP contribution in [0.4, 0.5) is 0 Å². The van der Waals surface area contributed by atoms with Gasteiger partial charge in [-0.25, -0.2) is 0 Å². The Kier molecular flexibility index (Phi) is 6.24. The van der Waals surface area contributed by atoms with E-state index in [1.807, 2.05) is 6.07 Å². The second-order valence-corrected chi connectivity index (χ2v) is 6.71. The SMILES string of the molecule is CC[C@H](NC(=O)[C@H]1CCOC1)[C@H]1CN(Cc2ccccc2)CCO1. The zero-order chi connectivity index (χ0) is 16.8. The van der Waals surface area contributed by atoms with Crippen LogP contribution in [0.5, 0.6) is 0 Å². The van der Waals surface area contributed by atoms with Crippen LogP contribution in [0.2, 0.25) is 0 Å². The molecule has 2 fully saturated rings. The first-order valence-corrected chi connectivity index (χ1v) is 9.02. The molecule has 2 saturated heterocycles. The summed E-state index contributed by atoms with van der Waals surface area (Å²) in [7, 11) is 0. The highest BCUT2D eigenvalue weighted by molar-refractivity contribution is 5.79. The summed E-state index contributed by atoms with van der Waals surface area (Å²) in [6.45, 7) is 6.79. The Balaban J connectivity index is 1.54. The summed E-state index contributed by atoms with van der Waals surface area (Å²) < 4.78 is 11.3. The van der Waals surface area contributed by atoms with E-state index in [4.69, 9.17) is 9.47 Å². The molecule has 1 amide bonds. The molecule has 0 saturated carbocycles. The van der Waals surface area contributed by atoms with Gasteiger partial charge >= 0.3 is 0 Å². The average Bonchev–Trinajstić information content (AvgIpc) is 3.15. The van der Waals surface area contributed by atoms with Gasteiger partial charge in [-0.1, -0.05) is 37.3 Å². The molecule has 0 unspecified atom stereocenters. The fourth-order valence-electron chi connectivity index (χ4n) is 3.46. The molecule has 0 aromatic heterocycles. The van der Waals surface area contributed by atoms with Crippen LogP contribution in [0.25, 0.3) is 0 Å². The monoisotopic (exact) mass is 332 g/mol. The topological polar surface area (TPSA) is 50.8 Å². The molecular weight excluding hydrogens is 304 g/mol. The second-order valence-electron chi connectivity index (χ2n) is 6.71. The van der Waals surface area contributed by atoms with Crippen molar-refractivity contribution in [2.75, 3.05) is 32.9 Å². The highest BCUT2D eigenvalue weighted by Gasteiger charge is 2.31. The fraction of sp³-hybridized carbons (Fsp3) is 0.632. The number of nitrogens with one attached hydrogen (secondary N) is 1. The summed E-state index contributed by atoms with van der Waals surface area (Å²) in [5.74, 6) is 0.117. The van der Waals surface area contributed by atoms with Crippen molar-refractivity contribution in [3.05, 3.63) is 35.9 Å². The summed E-state index contributed by atoms with van der Waals surface area (Å²) in [5.41, 5.74) is 1.32. The maximum atomic E-state index is 12.4. The molecule has 5 nitrogen and oxygen atoms in total. The standard InChI is InChI=1S/C19H28N2O3/c1-2-17(20-19(22)16-8-10-23-14-16)18-13-21(9-11-24-18)12-15-6-4-3-5-7-15/h3-7,16-18H,2,8-14H2,1H3,(H,20,22)/t16-,17-,18+/m0/s1. The van der Waals surface area contributed by atoms with E-state index < -0.39 is 0 Å². The highest BCUT2D eigenvalue weighted by Crippen LogP contribution is 2.17. The van der Waals surface area contributed by atoms with Gasteiger partial charge in [0.2, 0.25) is 5.91 Å². The third kappa shape index (κ3) is 4.56. The van der Waals surface area contributed by atoms with Crippen molar-refractivity contribution in [3.63, 3.8) is 0 Å². The van der Waals surface area contributed by atoms with Gasteiger partial charge in [-0.2, -0.15) is 0 Å². The van der Waals surface area contributed by atoms with Gasteiger partial charge in [-0.3, -0.25) is 9.69 Å². The van der Waals surface area contributed by atoms with Crippen LogP contribution < -0.4 is 5.32 Å². The molecule has 132 valence electrons. The number of nitrogens with zero attached hydrogens (tertiary/aromatic N) is 1. The van der Waals surface area contributed by atoms with Crippen molar-refractivity contribution in [1.29, 1.82) is 0 Å². The number of hydrogen-bond acceptors (Lipinski definition) is 4. The van der Waals surface area contributed by atoms with Crippen molar-refractivity contribution in [1.82, 2.24) is 10.2 Å². The summed E-state index contributed by atoms with van der Waals surface area (Å²) >= 11 is 0. The molecule has 0 bridgehead atoms. The summed E-state index contributed by atoms with van der Waals surface area (Å²) in [4.78, 5) is 14.8. The number of carbonyl (C=O) groups excluding carboxylic acids is 1. The molecule has 2 aliphatic heterocycles. The Bertz CT molecular complexity index is 517. The molecule has 0 aliphatic carbocycles. The molecule has 24 heavy (non-hydrogen) atoms. The van der Waals surface area contributed by atoms with Crippen molar-refractivity contribution in [2.24, 2.45) is 5.92 Å². The van der Waals surface area contributed by atoms with Gasteiger partial charge in [-0.05, 0) is 18.4 Å². The molecule has 3 rings (SSSR count). The number of rotatable bonds is 6.